The van der Waals surface area contributed by atoms with Gasteiger partial charge in [0.15, 0.2) is 0 Å². The van der Waals surface area contributed by atoms with Gasteiger partial charge in [0.05, 0.1) is 18.9 Å². The van der Waals surface area contributed by atoms with Crippen molar-refractivity contribution >= 4 is 11.7 Å². The number of piperidine rings is 1. The molecule has 30 heavy (non-hydrogen) atoms. The fourth-order valence-electron chi connectivity index (χ4n) is 4.85. The molecule has 1 amide bonds. The van der Waals surface area contributed by atoms with Crippen LogP contribution >= 0.6 is 0 Å². The molecule has 0 aromatic carbocycles. The Morgan fingerprint density at radius 1 is 1.10 bits per heavy atom. The number of carbonyl (C=O) groups is 1. The van der Waals surface area contributed by atoms with E-state index in [0.29, 0.717) is 5.92 Å². The van der Waals surface area contributed by atoms with E-state index in [4.69, 9.17) is 14.7 Å². The minimum absolute atomic E-state index is 0.181. The normalized spacial score (nSPS) is 21.4. The van der Waals surface area contributed by atoms with Crippen molar-refractivity contribution in [2.45, 2.75) is 90.5 Å². The summed E-state index contributed by atoms with van der Waals surface area (Å²) in [5, 5.41) is 3.29. The first kappa shape index (κ1) is 21.5. The lowest BCUT2D eigenvalue weighted by Gasteiger charge is -2.36. The Balaban J connectivity index is 1.50. The summed E-state index contributed by atoms with van der Waals surface area (Å²) in [6, 6.07) is 0.262. The molecule has 3 aliphatic rings. The fraction of sp³-hybridized carbons (Fsp3) is 0.792. The van der Waals surface area contributed by atoms with Crippen molar-refractivity contribution in [2.75, 3.05) is 31.2 Å². The lowest BCUT2D eigenvalue weighted by Crippen LogP contribution is -2.48. The van der Waals surface area contributed by atoms with Crippen LogP contribution in [0.15, 0.2) is 0 Å². The van der Waals surface area contributed by atoms with Crippen LogP contribution in [0.4, 0.5) is 5.82 Å². The second-order valence-electron chi connectivity index (χ2n) is 9.90. The summed E-state index contributed by atoms with van der Waals surface area (Å²) in [6.07, 6.45) is 9.62. The number of anilines is 1. The number of nitrogens with zero attached hydrogens (tertiary/aromatic N) is 3. The average Bonchev–Trinajstić information content (AvgIpc) is 3.19. The second kappa shape index (κ2) is 9.21. The topological polar surface area (TPSA) is 67.4 Å². The third-order valence-corrected chi connectivity index (χ3v) is 7.42. The smallest absolute Gasteiger partial charge is 0.225 e. The van der Waals surface area contributed by atoms with E-state index in [1.54, 1.807) is 0 Å². The largest absolute Gasteiger partial charge is 0.381 e. The molecule has 0 atom stereocenters. The van der Waals surface area contributed by atoms with Gasteiger partial charge in [0.25, 0.3) is 0 Å². The number of fused-ring (bicyclic) bond motifs is 1. The molecule has 2 fully saturated rings. The third kappa shape index (κ3) is 4.63. The van der Waals surface area contributed by atoms with E-state index in [0.717, 1.165) is 70.0 Å². The Labute approximate surface area is 181 Å². The van der Waals surface area contributed by atoms with Crippen molar-refractivity contribution in [3.8, 4) is 0 Å². The predicted molar refractivity (Wildman–Crippen MR) is 119 cm³/mol. The van der Waals surface area contributed by atoms with Gasteiger partial charge in [0, 0.05) is 48.9 Å². The summed E-state index contributed by atoms with van der Waals surface area (Å²) in [5.74, 6) is 2.90. The Morgan fingerprint density at radius 3 is 2.50 bits per heavy atom. The molecule has 1 N–H and O–H groups in total. The van der Waals surface area contributed by atoms with E-state index < -0.39 is 0 Å². The molecule has 2 aliphatic heterocycles. The van der Waals surface area contributed by atoms with Gasteiger partial charge >= 0.3 is 0 Å². The zero-order valence-electron chi connectivity index (χ0n) is 19.0. The van der Waals surface area contributed by atoms with E-state index >= 15 is 0 Å². The Bertz CT molecular complexity index is 750. The first-order chi connectivity index (χ1) is 14.5. The SMILES string of the molecule is CCC(C)(C)C(=O)NC1CCN(c2nc(C3CCCC3)nc3c2CCOCC3)CC1. The molecule has 1 saturated carbocycles. The van der Waals surface area contributed by atoms with Crippen LogP contribution in [0.2, 0.25) is 0 Å². The van der Waals surface area contributed by atoms with Crippen molar-refractivity contribution in [1.82, 2.24) is 15.3 Å². The molecule has 6 heteroatoms. The number of amides is 1. The van der Waals surface area contributed by atoms with Crippen molar-refractivity contribution in [1.29, 1.82) is 0 Å². The van der Waals surface area contributed by atoms with E-state index in [9.17, 15) is 4.79 Å². The number of ether oxygens (including phenoxy) is 1. The summed E-state index contributed by atoms with van der Waals surface area (Å²) in [4.78, 5) is 25.2. The Kier molecular flexibility index (Phi) is 6.61. The maximum atomic E-state index is 12.6. The molecule has 0 unspecified atom stereocenters. The summed E-state index contributed by atoms with van der Waals surface area (Å²) >= 11 is 0. The van der Waals surface area contributed by atoms with Gasteiger partial charge in [-0.2, -0.15) is 0 Å². The van der Waals surface area contributed by atoms with Gasteiger partial charge in [0.2, 0.25) is 5.91 Å². The minimum atomic E-state index is -0.294. The number of rotatable bonds is 5. The van der Waals surface area contributed by atoms with Crippen molar-refractivity contribution in [3.63, 3.8) is 0 Å². The summed E-state index contributed by atoms with van der Waals surface area (Å²) in [7, 11) is 0. The van der Waals surface area contributed by atoms with Crippen LogP contribution in [0.3, 0.4) is 0 Å². The third-order valence-electron chi connectivity index (χ3n) is 7.42. The van der Waals surface area contributed by atoms with Crippen LogP contribution in [-0.4, -0.2) is 48.2 Å². The van der Waals surface area contributed by atoms with Crippen LogP contribution in [-0.2, 0) is 22.4 Å². The van der Waals surface area contributed by atoms with E-state index in [1.165, 1.54) is 36.9 Å². The maximum Gasteiger partial charge on any atom is 0.225 e. The van der Waals surface area contributed by atoms with Gasteiger partial charge < -0.3 is 15.0 Å². The van der Waals surface area contributed by atoms with Crippen molar-refractivity contribution in [2.24, 2.45) is 5.41 Å². The Morgan fingerprint density at radius 2 is 1.80 bits per heavy atom. The molecular weight excluding hydrogens is 376 g/mol. The molecule has 0 spiro atoms. The van der Waals surface area contributed by atoms with Gasteiger partial charge in [-0.05, 0) is 32.1 Å². The Hall–Kier alpha value is -1.69. The number of hydrogen-bond donors (Lipinski definition) is 1. The van der Waals surface area contributed by atoms with E-state index in [1.807, 2.05) is 13.8 Å². The number of nitrogens with one attached hydrogen (secondary N) is 1. The quantitative estimate of drug-likeness (QED) is 0.794. The molecule has 1 aromatic rings. The van der Waals surface area contributed by atoms with Gasteiger partial charge in [-0.3, -0.25) is 4.79 Å². The van der Waals surface area contributed by atoms with Crippen LogP contribution in [0.25, 0.3) is 0 Å². The van der Waals surface area contributed by atoms with Gasteiger partial charge in [0.1, 0.15) is 11.6 Å². The average molecular weight is 415 g/mol. The molecular formula is C24H38N4O2. The zero-order chi connectivity index (χ0) is 21.1. The van der Waals surface area contributed by atoms with Gasteiger partial charge in [-0.25, -0.2) is 9.97 Å². The molecule has 3 heterocycles. The molecule has 0 radical (unpaired) electrons. The number of carbonyl (C=O) groups excluding carboxylic acids is 1. The second-order valence-corrected chi connectivity index (χ2v) is 9.90. The molecule has 1 aliphatic carbocycles. The lowest BCUT2D eigenvalue weighted by atomic mass is 9.88. The summed E-state index contributed by atoms with van der Waals surface area (Å²) in [6.45, 7) is 9.52. The highest BCUT2D eigenvalue weighted by Gasteiger charge is 2.31. The van der Waals surface area contributed by atoms with Crippen molar-refractivity contribution in [3.05, 3.63) is 17.1 Å². The van der Waals surface area contributed by atoms with Crippen molar-refractivity contribution < 1.29 is 9.53 Å². The highest BCUT2D eigenvalue weighted by Crippen LogP contribution is 2.35. The van der Waals surface area contributed by atoms with Gasteiger partial charge in [-0.1, -0.05) is 33.6 Å². The first-order valence-corrected chi connectivity index (χ1v) is 12.0. The van der Waals surface area contributed by atoms with Gasteiger partial charge in [-0.15, -0.1) is 0 Å². The molecule has 1 aromatic heterocycles. The van der Waals surface area contributed by atoms with Crippen LogP contribution in [0, 0.1) is 5.41 Å². The first-order valence-electron chi connectivity index (χ1n) is 12.0. The molecule has 0 bridgehead atoms. The number of hydrogen-bond acceptors (Lipinski definition) is 5. The minimum Gasteiger partial charge on any atom is -0.381 e. The predicted octanol–water partition coefficient (Wildman–Crippen LogP) is 3.77. The molecule has 6 nitrogen and oxygen atoms in total. The zero-order valence-corrected chi connectivity index (χ0v) is 19.0. The molecule has 1 saturated heterocycles. The van der Waals surface area contributed by atoms with E-state index in [-0.39, 0.29) is 17.4 Å². The monoisotopic (exact) mass is 414 g/mol. The highest BCUT2D eigenvalue weighted by molar-refractivity contribution is 5.82. The van der Waals surface area contributed by atoms with E-state index in [2.05, 4.69) is 17.1 Å². The summed E-state index contributed by atoms with van der Waals surface area (Å²) < 4.78 is 5.75. The standard InChI is InChI=1S/C24H38N4O2/c1-4-24(2,3)23(29)25-18-9-13-28(14-10-18)22-19-11-15-30-16-12-20(19)26-21(27-22)17-7-5-6-8-17/h17-18H,4-16H2,1-3H3,(H,25,29). The maximum absolute atomic E-state index is 12.6. The molecule has 166 valence electrons. The van der Waals surface area contributed by atoms with Crippen LogP contribution < -0.4 is 10.2 Å². The van der Waals surface area contributed by atoms with Crippen LogP contribution in [0.5, 0.6) is 0 Å². The highest BCUT2D eigenvalue weighted by atomic mass is 16.5. The number of aromatic nitrogens is 2. The lowest BCUT2D eigenvalue weighted by molar-refractivity contribution is -0.130. The summed E-state index contributed by atoms with van der Waals surface area (Å²) in [5.41, 5.74) is 2.21. The van der Waals surface area contributed by atoms with Crippen LogP contribution in [0.1, 0.15) is 88.7 Å². The molecule has 4 rings (SSSR count). The fourth-order valence-corrected chi connectivity index (χ4v) is 4.85.